The summed E-state index contributed by atoms with van der Waals surface area (Å²) in [6, 6.07) is 17.9. The monoisotopic (exact) mass is 626 g/mol. The van der Waals surface area contributed by atoms with Crippen LogP contribution >= 0.6 is 47.2 Å². The highest BCUT2D eigenvalue weighted by Crippen LogP contribution is 2.37. The summed E-state index contributed by atoms with van der Waals surface area (Å²) >= 11 is 19.4. The van der Waals surface area contributed by atoms with Gasteiger partial charge < -0.3 is 9.84 Å². The van der Waals surface area contributed by atoms with Crippen molar-refractivity contribution in [1.29, 1.82) is 0 Å². The average molecular weight is 628 g/mol. The fraction of sp³-hybridized carbons (Fsp3) is 0.258. The number of carbonyl (C=O) groups is 2. The zero-order valence-corrected chi connectivity index (χ0v) is 25.3. The van der Waals surface area contributed by atoms with E-state index in [4.69, 9.17) is 45.3 Å². The van der Waals surface area contributed by atoms with E-state index in [-0.39, 0.29) is 11.5 Å². The molecule has 3 aromatic carbocycles. The van der Waals surface area contributed by atoms with E-state index in [0.717, 1.165) is 41.9 Å². The number of amides is 1. The summed E-state index contributed by atoms with van der Waals surface area (Å²) in [6.45, 7) is 3.98. The Labute approximate surface area is 258 Å². The first-order valence-corrected chi connectivity index (χ1v) is 15.3. The van der Waals surface area contributed by atoms with Gasteiger partial charge in [0.15, 0.2) is 0 Å². The van der Waals surface area contributed by atoms with Crippen LogP contribution in [0.3, 0.4) is 0 Å². The van der Waals surface area contributed by atoms with Crippen LogP contribution in [0.25, 0.3) is 17.2 Å². The molecule has 0 atom stereocenters. The molecule has 1 N–H and O–H groups in total. The predicted octanol–water partition coefficient (Wildman–Crippen LogP) is 7.28. The van der Waals surface area contributed by atoms with Crippen LogP contribution in [0.1, 0.15) is 34.3 Å². The molecule has 0 saturated carbocycles. The van der Waals surface area contributed by atoms with Crippen LogP contribution in [0.15, 0.2) is 65.6 Å². The first kappa shape index (κ1) is 29.6. The van der Waals surface area contributed by atoms with Crippen LogP contribution in [0.4, 0.5) is 0 Å². The maximum absolute atomic E-state index is 13.4. The fourth-order valence-corrected chi connectivity index (χ4v) is 6.70. The van der Waals surface area contributed by atoms with Gasteiger partial charge in [0, 0.05) is 28.7 Å². The van der Waals surface area contributed by atoms with Crippen LogP contribution in [0, 0.1) is 0 Å². The molecule has 2 fully saturated rings. The number of halogens is 2. The largest absolute Gasteiger partial charge is 0.492 e. The SMILES string of the molecule is O=C(O)c1ccc(CCN2C(=O)C(=Cc3cc(-c4cc(Cl)cc(Cl)c4)ccc3OCCN3CCCC3)SC2=S)cc1. The van der Waals surface area contributed by atoms with Gasteiger partial charge in [0.1, 0.15) is 16.7 Å². The van der Waals surface area contributed by atoms with E-state index in [9.17, 15) is 9.59 Å². The van der Waals surface area contributed by atoms with E-state index >= 15 is 0 Å². The minimum Gasteiger partial charge on any atom is -0.492 e. The van der Waals surface area contributed by atoms with E-state index in [1.807, 2.05) is 36.4 Å². The van der Waals surface area contributed by atoms with Crippen molar-refractivity contribution < 1.29 is 19.4 Å². The lowest BCUT2D eigenvalue weighted by molar-refractivity contribution is -0.122. The molecule has 2 saturated heterocycles. The Balaban J connectivity index is 1.36. The first-order valence-electron chi connectivity index (χ1n) is 13.3. The predicted molar refractivity (Wildman–Crippen MR) is 170 cm³/mol. The number of hydrogen-bond acceptors (Lipinski definition) is 6. The number of rotatable bonds is 10. The molecule has 0 aliphatic carbocycles. The van der Waals surface area contributed by atoms with Gasteiger partial charge in [0.25, 0.3) is 5.91 Å². The van der Waals surface area contributed by atoms with Crippen LogP contribution in [-0.4, -0.2) is 63.9 Å². The molecule has 0 unspecified atom stereocenters. The Morgan fingerprint density at radius 1 is 0.976 bits per heavy atom. The number of nitrogens with zero attached hydrogens (tertiary/aromatic N) is 2. The molecule has 41 heavy (non-hydrogen) atoms. The normalized spacial score (nSPS) is 16.6. The van der Waals surface area contributed by atoms with Crippen molar-refractivity contribution in [3.8, 4) is 16.9 Å². The van der Waals surface area contributed by atoms with E-state index in [1.54, 1.807) is 35.2 Å². The maximum Gasteiger partial charge on any atom is 0.335 e. The second kappa shape index (κ2) is 13.4. The van der Waals surface area contributed by atoms with Gasteiger partial charge in [-0.3, -0.25) is 14.6 Å². The van der Waals surface area contributed by atoms with E-state index < -0.39 is 5.97 Å². The molecule has 0 radical (unpaired) electrons. The van der Waals surface area contributed by atoms with Gasteiger partial charge in [-0.1, -0.05) is 65.4 Å². The summed E-state index contributed by atoms with van der Waals surface area (Å²) in [6.07, 6.45) is 4.83. The molecule has 0 spiro atoms. The summed E-state index contributed by atoms with van der Waals surface area (Å²) < 4.78 is 6.71. The first-order chi connectivity index (χ1) is 19.8. The zero-order chi connectivity index (χ0) is 28.9. The minimum absolute atomic E-state index is 0.165. The Kier molecular flexibility index (Phi) is 9.68. The molecule has 2 heterocycles. The van der Waals surface area contributed by atoms with Crippen molar-refractivity contribution in [2.45, 2.75) is 19.3 Å². The minimum atomic E-state index is -0.972. The van der Waals surface area contributed by atoms with Gasteiger partial charge in [0.2, 0.25) is 0 Å². The molecule has 0 aromatic heterocycles. The smallest absolute Gasteiger partial charge is 0.335 e. The lowest BCUT2D eigenvalue weighted by Crippen LogP contribution is -2.30. The molecule has 2 aliphatic rings. The lowest BCUT2D eigenvalue weighted by Gasteiger charge is -2.17. The topological polar surface area (TPSA) is 70.1 Å². The average Bonchev–Trinajstić information content (AvgIpc) is 3.55. The third-order valence-electron chi connectivity index (χ3n) is 7.05. The fourth-order valence-electron chi connectivity index (χ4n) is 4.87. The Morgan fingerprint density at radius 3 is 2.37 bits per heavy atom. The maximum atomic E-state index is 13.4. The number of hydrogen-bond donors (Lipinski definition) is 1. The zero-order valence-electron chi connectivity index (χ0n) is 22.1. The summed E-state index contributed by atoms with van der Waals surface area (Å²) in [5.41, 5.74) is 3.68. The number of benzene rings is 3. The van der Waals surface area contributed by atoms with Gasteiger partial charge in [-0.2, -0.15) is 0 Å². The number of ether oxygens (including phenoxy) is 1. The standard InChI is InChI=1S/C31H28Cl2N2O4S2/c32-25-16-23(17-26(33)19-25)22-7-8-27(39-14-13-34-10-1-2-11-34)24(15-22)18-28-29(36)35(31(40)41-28)12-9-20-3-5-21(6-4-20)30(37)38/h3-8,15-19H,1-2,9-14H2,(H,37,38). The van der Waals surface area contributed by atoms with Gasteiger partial charge >= 0.3 is 5.97 Å². The van der Waals surface area contributed by atoms with Gasteiger partial charge in [-0.25, -0.2) is 4.79 Å². The summed E-state index contributed by atoms with van der Waals surface area (Å²) in [4.78, 5) is 29.0. The molecule has 2 aliphatic heterocycles. The van der Waals surface area contributed by atoms with E-state index in [2.05, 4.69) is 4.90 Å². The van der Waals surface area contributed by atoms with Crippen molar-refractivity contribution in [3.05, 3.63) is 92.3 Å². The number of aromatic carboxylic acids is 1. The summed E-state index contributed by atoms with van der Waals surface area (Å²) in [5.74, 6) is -0.452. The lowest BCUT2D eigenvalue weighted by atomic mass is 10.0. The molecule has 212 valence electrons. The molecule has 3 aromatic rings. The van der Waals surface area contributed by atoms with Crippen molar-refractivity contribution in [2.24, 2.45) is 0 Å². The second-order valence-corrected chi connectivity index (χ2v) is 12.4. The third kappa shape index (κ3) is 7.50. The van der Waals surface area contributed by atoms with Crippen molar-refractivity contribution in [2.75, 3.05) is 32.8 Å². The molecule has 10 heteroatoms. The second-order valence-electron chi connectivity index (χ2n) is 9.89. The van der Waals surface area contributed by atoms with Crippen molar-refractivity contribution in [1.82, 2.24) is 9.80 Å². The number of thioether (sulfide) groups is 1. The number of carboxylic acids is 1. The van der Waals surface area contributed by atoms with Crippen LogP contribution in [-0.2, 0) is 11.2 Å². The van der Waals surface area contributed by atoms with Gasteiger partial charge in [0.05, 0.1) is 10.5 Å². The molecular formula is C31H28Cl2N2O4S2. The number of carbonyl (C=O) groups excluding carboxylic acids is 1. The van der Waals surface area contributed by atoms with Crippen molar-refractivity contribution >= 4 is 69.5 Å². The highest BCUT2D eigenvalue weighted by atomic mass is 35.5. The van der Waals surface area contributed by atoms with Crippen molar-refractivity contribution in [3.63, 3.8) is 0 Å². The number of thiocarbonyl (C=S) groups is 1. The van der Waals surface area contributed by atoms with Crippen LogP contribution < -0.4 is 4.74 Å². The summed E-state index contributed by atoms with van der Waals surface area (Å²) in [5, 5.41) is 10.2. The van der Waals surface area contributed by atoms with Gasteiger partial charge in [-0.15, -0.1) is 0 Å². The van der Waals surface area contributed by atoms with Gasteiger partial charge in [-0.05, 0) is 97.6 Å². The Morgan fingerprint density at radius 2 is 1.68 bits per heavy atom. The summed E-state index contributed by atoms with van der Waals surface area (Å²) in [7, 11) is 0. The number of likely N-dealkylation sites (tertiary alicyclic amines) is 1. The number of carboxylic acid groups (broad SMARTS) is 1. The molecule has 5 rings (SSSR count). The highest BCUT2D eigenvalue weighted by molar-refractivity contribution is 8.26. The Bertz CT molecular complexity index is 1480. The molecule has 6 nitrogen and oxygen atoms in total. The Hall–Kier alpha value is -2.88. The molecular weight excluding hydrogens is 599 g/mol. The molecule has 1 amide bonds. The third-order valence-corrected chi connectivity index (χ3v) is 8.87. The van der Waals surface area contributed by atoms with Crippen LogP contribution in [0.5, 0.6) is 5.75 Å². The van der Waals surface area contributed by atoms with Crippen LogP contribution in [0.2, 0.25) is 10.0 Å². The van der Waals surface area contributed by atoms with E-state index in [0.29, 0.717) is 44.6 Å². The highest BCUT2D eigenvalue weighted by Gasteiger charge is 2.32. The molecule has 0 bridgehead atoms. The van der Waals surface area contributed by atoms with E-state index in [1.165, 1.54) is 24.6 Å². The quantitative estimate of drug-likeness (QED) is 0.187.